The fourth-order valence-electron chi connectivity index (χ4n) is 1.06. The third-order valence-corrected chi connectivity index (χ3v) is 1.70. The monoisotopic (exact) mass is 292 g/mol. The second kappa shape index (κ2) is 8.99. The molecule has 1 N–H and O–H groups in total. The number of carbonyl (C=O) groups excluding carboxylic acids is 1. The lowest BCUT2D eigenvalue weighted by Gasteiger charge is -2.00. The van der Waals surface area contributed by atoms with Crippen molar-refractivity contribution in [2.75, 3.05) is 7.05 Å². The Kier molecular flexibility index (Phi) is 8.42. The maximum absolute atomic E-state index is 11.2. The molecule has 4 nitrogen and oxygen atoms in total. The summed E-state index contributed by atoms with van der Waals surface area (Å²) in [6.45, 7) is 0. The van der Waals surface area contributed by atoms with Crippen molar-refractivity contribution in [3.05, 3.63) is 35.4 Å². The standard InChI is InChI=1S/C10H10N2O.Cl2OS/c1-12-10(13)9-4-2-3-8(7-9)5-6-11;1-4(2)3/h2-4,7H,5H2,1H3,(H,12,13);. The van der Waals surface area contributed by atoms with Crippen LogP contribution in [0.15, 0.2) is 24.3 Å². The number of hydrogen-bond donors (Lipinski definition) is 1. The molecule has 1 aromatic rings. The van der Waals surface area contributed by atoms with Crippen LogP contribution in [0.4, 0.5) is 0 Å². The Bertz CT molecular complexity index is 442. The van der Waals surface area contributed by atoms with Gasteiger partial charge in [-0.25, -0.2) is 4.21 Å². The lowest BCUT2D eigenvalue weighted by molar-refractivity contribution is 0.0963. The fourth-order valence-corrected chi connectivity index (χ4v) is 1.06. The molecule has 92 valence electrons. The Hall–Kier alpha value is -1.09. The molecule has 0 unspecified atom stereocenters. The van der Waals surface area contributed by atoms with Crippen LogP contribution in [0.1, 0.15) is 15.9 Å². The van der Waals surface area contributed by atoms with Crippen LogP contribution >= 0.6 is 21.4 Å². The van der Waals surface area contributed by atoms with Gasteiger partial charge in [-0.3, -0.25) is 4.79 Å². The van der Waals surface area contributed by atoms with Gasteiger partial charge >= 0.3 is 0 Å². The van der Waals surface area contributed by atoms with Crippen LogP contribution in [-0.2, 0) is 15.6 Å². The molecule has 0 bridgehead atoms. The molecule has 0 saturated carbocycles. The van der Waals surface area contributed by atoms with Crippen LogP contribution in [0.25, 0.3) is 0 Å². The van der Waals surface area contributed by atoms with E-state index in [1.54, 1.807) is 25.2 Å². The van der Waals surface area contributed by atoms with Crippen LogP contribution in [0.5, 0.6) is 0 Å². The van der Waals surface area contributed by atoms with Crippen LogP contribution in [0.3, 0.4) is 0 Å². The van der Waals surface area contributed by atoms with E-state index in [4.69, 9.17) is 9.47 Å². The van der Waals surface area contributed by atoms with Crippen molar-refractivity contribution in [2.45, 2.75) is 6.42 Å². The first kappa shape index (κ1) is 15.9. The summed E-state index contributed by atoms with van der Waals surface area (Å²) in [5, 5.41) is 11.0. The summed E-state index contributed by atoms with van der Waals surface area (Å²) < 4.78 is 9.09. The summed E-state index contributed by atoms with van der Waals surface area (Å²) in [6.07, 6.45) is 0.338. The van der Waals surface area contributed by atoms with Crippen molar-refractivity contribution in [2.24, 2.45) is 0 Å². The summed E-state index contributed by atoms with van der Waals surface area (Å²) >= 11 is 0. The van der Waals surface area contributed by atoms with Crippen LogP contribution < -0.4 is 5.32 Å². The van der Waals surface area contributed by atoms with E-state index in [2.05, 4.69) is 26.7 Å². The topological polar surface area (TPSA) is 70.0 Å². The van der Waals surface area contributed by atoms with Gasteiger partial charge in [-0.2, -0.15) is 5.26 Å². The maximum atomic E-state index is 11.2. The van der Waals surface area contributed by atoms with E-state index >= 15 is 0 Å². The van der Waals surface area contributed by atoms with Gasteiger partial charge in [0.15, 0.2) is 0 Å². The van der Waals surface area contributed by atoms with E-state index in [1.807, 2.05) is 12.1 Å². The molecular formula is C10H10Cl2N2O2S. The molecule has 0 fully saturated rings. The molecule has 1 amide bonds. The number of amides is 1. The molecule has 0 aliphatic carbocycles. The SMILES string of the molecule is CNC(=O)c1cccc(CC#N)c1.O=S(Cl)Cl. The van der Waals surface area contributed by atoms with E-state index in [0.29, 0.717) is 12.0 Å². The van der Waals surface area contributed by atoms with Crippen molar-refractivity contribution in [3.63, 3.8) is 0 Å². The molecule has 0 spiro atoms. The van der Waals surface area contributed by atoms with Crippen LogP contribution in [-0.4, -0.2) is 17.2 Å². The maximum Gasteiger partial charge on any atom is 0.251 e. The van der Waals surface area contributed by atoms with E-state index in [0.717, 1.165) is 5.56 Å². The fraction of sp³-hybridized carbons (Fsp3) is 0.200. The summed E-state index contributed by atoms with van der Waals surface area (Å²) in [4.78, 5) is 11.2. The Balaban J connectivity index is 0.000000557. The van der Waals surface area contributed by atoms with Gasteiger partial charge in [0.2, 0.25) is 9.23 Å². The molecule has 7 heteroatoms. The van der Waals surface area contributed by atoms with Gasteiger partial charge in [-0.15, -0.1) is 0 Å². The normalized spacial score (nSPS) is 8.88. The highest BCUT2D eigenvalue weighted by atomic mass is 36.0. The highest BCUT2D eigenvalue weighted by molar-refractivity contribution is 8.26. The minimum absolute atomic E-state index is 0.125. The van der Waals surface area contributed by atoms with Gasteiger partial charge < -0.3 is 5.32 Å². The highest BCUT2D eigenvalue weighted by Gasteiger charge is 2.02. The zero-order valence-corrected chi connectivity index (χ0v) is 11.3. The highest BCUT2D eigenvalue weighted by Crippen LogP contribution is 2.05. The van der Waals surface area contributed by atoms with Gasteiger partial charge in [0.1, 0.15) is 0 Å². The predicted molar refractivity (Wildman–Crippen MR) is 69.0 cm³/mol. The van der Waals surface area contributed by atoms with Gasteiger partial charge in [-0.05, 0) is 17.7 Å². The zero-order chi connectivity index (χ0) is 13.3. The van der Waals surface area contributed by atoms with Crippen LogP contribution in [0.2, 0.25) is 0 Å². The molecule has 0 heterocycles. The lowest BCUT2D eigenvalue weighted by atomic mass is 10.1. The number of nitrogens with one attached hydrogen (secondary N) is 1. The second-order valence-electron chi connectivity index (χ2n) is 2.80. The number of hydrogen-bond acceptors (Lipinski definition) is 3. The molecule has 0 atom stereocenters. The Morgan fingerprint density at radius 3 is 2.59 bits per heavy atom. The summed E-state index contributed by atoms with van der Waals surface area (Å²) in [7, 11) is 8.94. The molecular weight excluding hydrogens is 283 g/mol. The van der Waals surface area contributed by atoms with E-state index in [-0.39, 0.29) is 5.91 Å². The molecule has 0 aliphatic rings. The molecule has 0 radical (unpaired) electrons. The molecule has 1 rings (SSSR count). The van der Waals surface area contributed by atoms with Gasteiger partial charge in [0.05, 0.1) is 12.5 Å². The number of benzene rings is 1. The number of rotatable bonds is 2. The van der Waals surface area contributed by atoms with Crippen molar-refractivity contribution in [1.82, 2.24) is 5.32 Å². The Morgan fingerprint density at radius 1 is 1.53 bits per heavy atom. The zero-order valence-electron chi connectivity index (χ0n) is 8.94. The molecule has 0 aliphatic heterocycles. The van der Waals surface area contributed by atoms with Gasteiger partial charge in [0.25, 0.3) is 5.91 Å². The van der Waals surface area contributed by atoms with Gasteiger partial charge in [0, 0.05) is 34.0 Å². The van der Waals surface area contributed by atoms with E-state index < -0.39 is 9.23 Å². The van der Waals surface area contributed by atoms with Crippen molar-refractivity contribution < 1.29 is 9.00 Å². The minimum atomic E-state index is -1.67. The van der Waals surface area contributed by atoms with Crippen molar-refractivity contribution in [1.29, 1.82) is 5.26 Å². The van der Waals surface area contributed by atoms with Crippen molar-refractivity contribution >= 4 is 36.5 Å². The first-order chi connectivity index (χ1) is 8.01. The van der Waals surface area contributed by atoms with E-state index in [9.17, 15) is 4.79 Å². The number of halogens is 2. The summed E-state index contributed by atoms with van der Waals surface area (Å²) in [6, 6.07) is 9.09. The van der Waals surface area contributed by atoms with Crippen LogP contribution in [0, 0.1) is 11.3 Å². The quantitative estimate of drug-likeness (QED) is 0.849. The van der Waals surface area contributed by atoms with Gasteiger partial charge in [-0.1, -0.05) is 12.1 Å². The first-order valence-corrected chi connectivity index (χ1v) is 7.23. The average Bonchev–Trinajstić information content (AvgIpc) is 2.28. The first-order valence-electron chi connectivity index (χ1n) is 4.43. The summed E-state index contributed by atoms with van der Waals surface area (Å²) in [5.74, 6) is -0.125. The molecule has 0 aromatic heterocycles. The third kappa shape index (κ3) is 7.75. The second-order valence-corrected chi connectivity index (χ2v) is 5.32. The number of carbonyl (C=O) groups is 1. The lowest BCUT2D eigenvalue weighted by Crippen LogP contribution is -2.17. The smallest absolute Gasteiger partial charge is 0.251 e. The molecule has 1 aromatic carbocycles. The number of nitrogens with zero attached hydrogens (tertiary/aromatic N) is 1. The van der Waals surface area contributed by atoms with Crippen molar-refractivity contribution in [3.8, 4) is 6.07 Å². The van der Waals surface area contributed by atoms with E-state index in [1.165, 1.54) is 0 Å². The Morgan fingerprint density at radius 2 is 2.12 bits per heavy atom. The largest absolute Gasteiger partial charge is 0.355 e. The summed E-state index contributed by atoms with van der Waals surface area (Å²) in [5.41, 5.74) is 1.46. The number of nitriles is 1. The Labute approximate surface area is 111 Å². The predicted octanol–water partition coefficient (Wildman–Crippen LogP) is 2.15. The average molecular weight is 293 g/mol. The molecule has 17 heavy (non-hydrogen) atoms. The minimum Gasteiger partial charge on any atom is -0.355 e. The third-order valence-electron chi connectivity index (χ3n) is 1.70. The molecule has 0 saturated heterocycles.